The van der Waals surface area contributed by atoms with E-state index < -0.39 is 0 Å². The van der Waals surface area contributed by atoms with E-state index >= 15 is 0 Å². The molecule has 0 radical (unpaired) electrons. The zero-order valence-corrected chi connectivity index (χ0v) is 11.6. The van der Waals surface area contributed by atoms with E-state index in [1.165, 1.54) is 0 Å². The Hall–Kier alpha value is -1.76. The van der Waals surface area contributed by atoms with Crippen LogP contribution in [0.5, 0.6) is 0 Å². The second-order valence-electron chi connectivity index (χ2n) is 3.81. The van der Waals surface area contributed by atoms with Crippen LogP contribution < -0.4 is 16.8 Å². The molecule has 0 fully saturated rings. The van der Waals surface area contributed by atoms with E-state index in [1.807, 2.05) is 24.3 Å². The Morgan fingerprint density at radius 1 is 1.11 bits per heavy atom. The first-order chi connectivity index (χ1) is 8.56. The predicted octanol–water partition coefficient (Wildman–Crippen LogP) is 2.71. The summed E-state index contributed by atoms with van der Waals surface area (Å²) in [4.78, 5) is 12.0. The lowest BCUT2D eigenvalue weighted by atomic mass is 10.1. The lowest BCUT2D eigenvalue weighted by Crippen LogP contribution is -2.14. The smallest absolute Gasteiger partial charge is 0.257 e. The Balaban J connectivity index is 2.22. The molecule has 4 nitrogen and oxygen atoms in total. The van der Waals surface area contributed by atoms with Crippen molar-refractivity contribution in [1.82, 2.24) is 0 Å². The van der Waals surface area contributed by atoms with Crippen LogP contribution in [-0.4, -0.2) is 5.91 Å². The number of rotatable bonds is 2. The molecule has 5 heteroatoms. The molecule has 0 bridgehead atoms. The van der Waals surface area contributed by atoms with E-state index in [2.05, 4.69) is 27.9 Å². The minimum atomic E-state index is -0.241. The molecule has 0 saturated heterocycles. The van der Waals surface area contributed by atoms with Crippen LogP contribution in [0.15, 0.2) is 42.5 Å². The molecule has 18 heavy (non-hydrogen) atoms. The molecule has 0 aliphatic rings. The van der Waals surface area contributed by atoms with Crippen LogP contribution in [0.25, 0.3) is 0 Å². The molecule has 2 rings (SSSR count). The fourth-order valence-corrected chi connectivity index (χ4v) is 2.10. The number of hydrogen-bond acceptors (Lipinski definition) is 3. The number of nitrogens with two attached hydrogens (primary N) is 2. The lowest BCUT2D eigenvalue weighted by molar-refractivity contribution is 0.102. The van der Waals surface area contributed by atoms with E-state index in [1.54, 1.807) is 18.2 Å². The highest BCUT2D eigenvalue weighted by Crippen LogP contribution is 2.18. The molecule has 0 aliphatic heterocycles. The van der Waals surface area contributed by atoms with Crippen molar-refractivity contribution in [3.8, 4) is 0 Å². The Morgan fingerprint density at radius 3 is 2.56 bits per heavy atom. The number of amides is 1. The second kappa shape index (κ2) is 5.26. The zero-order chi connectivity index (χ0) is 13.1. The van der Waals surface area contributed by atoms with Gasteiger partial charge in [0.1, 0.15) is 0 Å². The summed E-state index contributed by atoms with van der Waals surface area (Å²) in [6.45, 7) is 0. The fraction of sp³-hybridized carbons (Fsp3) is 0. The number of hydrogen-bond donors (Lipinski definition) is 3. The monoisotopic (exact) mass is 353 g/mol. The second-order valence-corrected chi connectivity index (χ2v) is 5.06. The molecule has 2 aromatic carbocycles. The van der Waals surface area contributed by atoms with Gasteiger partial charge >= 0.3 is 0 Å². The number of halogens is 1. The van der Waals surface area contributed by atoms with Gasteiger partial charge in [-0.2, -0.15) is 0 Å². The van der Waals surface area contributed by atoms with E-state index in [4.69, 9.17) is 11.5 Å². The van der Waals surface area contributed by atoms with Gasteiger partial charge in [0, 0.05) is 20.6 Å². The fourth-order valence-electron chi connectivity index (χ4n) is 1.55. The van der Waals surface area contributed by atoms with Gasteiger partial charge in [-0.1, -0.05) is 6.07 Å². The SMILES string of the molecule is Nc1ccc(C(=O)Nc2cccc(I)c2)c(N)c1. The molecule has 92 valence electrons. The normalized spacial score (nSPS) is 10.1. The third-order valence-electron chi connectivity index (χ3n) is 2.40. The van der Waals surface area contributed by atoms with E-state index in [-0.39, 0.29) is 5.91 Å². The minimum absolute atomic E-state index is 0.241. The summed E-state index contributed by atoms with van der Waals surface area (Å²) in [7, 11) is 0. The van der Waals surface area contributed by atoms with Crippen molar-refractivity contribution in [3.05, 3.63) is 51.6 Å². The van der Waals surface area contributed by atoms with Crippen molar-refractivity contribution in [1.29, 1.82) is 0 Å². The van der Waals surface area contributed by atoms with Gasteiger partial charge in [-0.25, -0.2) is 0 Å². The molecule has 0 aromatic heterocycles. The minimum Gasteiger partial charge on any atom is -0.399 e. The Labute approximate surface area is 119 Å². The highest BCUT2D eigenvalue weighted by atomic mass is 127. The van der Waals surface area contributed by atoms with Gasteiger partial charge in [0.2, 0.25) is 0 Å². The molecule has 0 atom stereocenters. The summed E-state index contributed by atoms with van der Waals surface area (Å²) in [6.07, 6.45) is 0. The van der Waals surface area contributed by atoms with Gasteiger partial charge in [0.25, 0.3) is 5.91 Å². The van der Waals surface area contributed by atoms with Crippen molar-refractivity contribution >= 4 is 45.6 Å². The zero-order valence-electron chi connectivity index (χ0n) is 9.48. The number of nitrogen functional groups attached to an aromatic ring is 2. The van der Waals surface area contributed by atoms with Crippen LogP contribution >= 0.6 is 22.6 Å². The standard InChI is InChI=1S/C13H12IN3O/c14-8-2-1-3-10(6-8)17-13(18)11-5-4-9(15)7-12(11)16/h1-7H,15-16H2,(H,17,18). The highest BCUT2D eigenvalue weighted by Gasteiger charge is 2.10. The van der Waals surface area contributed by atoms with Crippen molar-refractivity contribution in [2.45, 2.75) is 0 Å². The van der Waals surface area contributed by atoms with Crippen LogP contribution in [0.4, 0.5) is 17.1 Å². The molecule has 0 aliphatic carbocycles. The van der Waals surface area contributed by atoms with Gasteiger partial charge in [-0.05, 0) is 59.0 Å². The maximum Gasteiger partial charge on any atom is 0.257 e. The lowest BCUT2D eigenvalue weighted by Gasteiger charge is -2.08. The summed E-state index contributed by atoms with van der Waals surface area (Å²) in [5, 5.41) is 2.79. The molecular formula is C13H12IN3O. The summed E-state index contributed by atoms with van der Waals surface area (Å²) < 4.78 is 1.05. The van der Waals surface area contributed by atoms with Gasteiger partial charge in [-0.3, -0.25) is 4.79 Å². The third-order valence-corrected chi connectivity index (χ3v) is 3.07. The topological polar surface area (TPSA) is 81.1 Å². The van der Waals surface area contributed by atoms with Crippen molar-refractivity contribution in [2.75, 3.05) is 16.8 Å². The number of anilines is 3. The molecule has 5 N–H and O–H groups in total. The van der Waals surface area contributed by atoms with Crippen LogP contribution in [0.1, 0.15) is 10.4 Å². The average Bonchev–Trinajstić information content (AvgIpc) is 2.28. The number of carbonyl (C=O) groups is 1. The number of nitrogens with one attached hydrogen (secondary N) is 1. The van der Waals surface area contributed by atoms with Crippen molar-refractivity contribution < 1.29 is 4.79 Å². The first-order valence-electron chi connectivity index (χ1n) is 5.28. The molecule has 0 unspecified atom stereocenters. The van der Waals surface area contributed by atoms with Crippen LogP contribution in [-0.2, 0) is 0 Å². The number of benzene rings is 2. The van der Waals surface area contributed by atoms with Gasteiger partial charge in [0.05, 0.1) is 5.56 Å². The largest absolute Gasteiger partial charge is 0.399 e. The molecule has 0 heterocycles. The van der Waals surface area contributed by atoms with Crippen LogP contribution in [0.3, 0.4) is 0 Å². The van der Waals surface area contributed by atoms with Crippen molar-refractivity contribution in [3.63, 3.8) is 0 Å². The highest BCUT2D eigenvalue weighted by molar-refractivity contribution is 14.1. The maximum absolute atomic E-state index is 12.0. The molecule has 0 spiro atoms. The number of carbonyl (C=O) groups excluding carboxylic acids is 1. The Morgan fingerprint density at radius 2 is 1.89 bits per heavy atom. The molecule has 1 amide bonds. The summed E-state index contributed by atoms with van der Waals surface area (Å²) in [5.41, 5.74) is 13.4. The molecular weight excluding hydrogens is 341 g/mol. The summed E-state index contributed by atoms with van der Waals surface area (Å²) >= 11 is 2.19. The van der Waals surface area contributed by atoms with E-state index in [0.717, 1.165) is 9.26 Å². The van der Waals surface area contributed by atoms with E-state index in [9.17, 15) is 4.79 Å². The summed E-state index contributed by atoms with van der Waals surface area (Å²) in [6, 6.07) is 12.4. The van der Waals surface area contributed by atoms with E-state index in [0.29, 0.717) is 16.9 Å². The summed E-state index contributed by atoms with van der Waals surface area (Å²) in [5.74, 6) is -0.241. The average molecular weight is 353 g/mol. The quantitative estimate of drug-likeness (QED) is 0.574. The van der Waals surface area contributed by atoms with Crippen molar-refractivity contribution in [2.24, 2.45) is 0 Å². The van der Waals surface area contributed by atoms with Gasteiger partial charge < -0.3 is 16.8 Å². The predicted molar refractivity (Wildman–Crippen MR) is 82.4 cm³/mol. The first-order valence-corrected chi connectivity index (χ1v) is 6.36. The molecule has 2 aromatic rings. The van der Waals surface area contributed by atoms with Crippen LogP contribution in [0.2, 0.25) is 0 Å². The maximum atomic E-state index is 12.0. The van der Waals surface area contributed by atoms with Gasteiger partial charge in [0.15, 0.2) is 0 Å². The van der Waals surface area contributed by atoms with Crippen LogP contribution in [0, 0.1) is 3.57 Å². The Bertz CT molecular complexity index is 599. The molecule has 0 saturated carbocycles. The first kappa shape index (κ1) is 12.7. The third kappa shape index (κ3) is 2.92. The Kier molecular flexibility index (Phi) is 3.71. The van der Waals surface area contributed by atoms with Gasteiger partial charge in [-0.15, -0.1) is 0 Å².